The van der Waals surface area contributed by atoms with Gasteiger partial charge in [-0.2, -0.15) is 0 Å². The molecule has 1 heterocycles. The molecular weight excluding hydrogens is 277 g/mol. The van der Waals surface area contributed by atoms with Crippen molar-refractivity contribution in [2.75, 3.05) is 25.1 Å². The van der Waals surface area contributed by atoms with Crippen molar-refractivity contribution in [3.8, 4) is 5.75 Å². The van der Waals surface area contributed by atoms with Gasteiger partial charge in [-0.25, -0.2) is 14.4 Å². The lowest BCUT2D eigenvalue weighted by Gasteiger charge is -2.22. The average molecular weight is 293 g/mol. The van der Waals surface area contributed by atoms with Gasteiger partial charge in [-0.05, 0) is 18.6 Å². The van der Waals surface area contributed by atoms with Crippen LogP contribution in [-0.4, -0.2) is 41.2 Å². The molecule has 7 heteroatoms. The highest BCUT2D eigenvalue weighted by atomic mass is 19.1. The number of hydrogen-bond donors (Lipinski definition) is 1. The number of halogens is 1. The minimum absolute atomic E-state index is 0.0902. The van der Waals surface area contributed by atoms with Gasteiger partial charge >= 0.3 is 5.97 Å². The number of anilines is 1. The quantitative estimate of drug-likeness (QED) is 0.878. The predicted octanol–water partition coefficient (Wildman–Crippen LogP) is 2.08. The summed E-state index contributed by atoms with van der Waals surface area (Å²) in [6.07, 6.45) is 1.97. The largest absolute Gasteiger partial charge is 0.494 e. The van der Waals surface area contributed by atoms with Crippen LogP contribution in [0.15, 0.2) is 18.5 Å². The van der Waals surface area contributed by atoms with Crippen molar-refractivity contribution in [2.24, 2.45) is 0 Å². The van der Waals surface area contributed by atoms with Crippen LogP contribution in [-0.2, 0) is 4.79 Å². The number of ether oxygens (including phenoxy) is 1. The fraction of sp³-hybridized carbons (Fsp3) is 0.357. The highest BCUT2D eigenvalue weighted by Gasteiger charge is 2.18. The Morgan fingerprint density at radius 1 is 1.43 bits per heavy atom. The zero-order chi connectivity index (χ0) is 15.4. The first-order chi connectivity index (χ1) is 10.1. The van der Waals surface area contributed by atoms with Crippen molar-refractivity contribution in [1.82, 2.24) is 9.97 Å². The van der Waals surface area contributed by atoms with E-state index in [0.29, 0.717) is 17.7 Å². The fourth-order valence-corrected chi connectivity index (χ4v) is 2.17. The number of rotatable bonds is 6. The molecule has 0 unspecified atom stereocenters. The predicted molar refractivity (Wildman–Crippen MR) is 76.2 cm³/mol. The number of carboxylic acids is 1. The molecule has 0 amide bonds. The molecular formula is C14H16FN3O3. The van der Waals surface area contributed by atoms with E-state index in [4.69, 9.17) is 9.84 Å². The summed E-state index contributed by atoms with van der Waals surface area (Å²) < 4.78 is 19.1. The summed E-state index contributed by atoms with van der Waals surface area (Å²) in [6.45, 7) is 2.24. The minimum atomic E-state index is -0.968. The van der Waals surface area contributed by atoms with Crippen LogP contribution in [0.3, 0.4) is 0 Å². The number of aliphatic carboxylic acids is 1. The maximum absolute atomic E-state index is 14.2. The lowest BCUT2D eigenvalue weighted by atomic mass is 10.2. The van der Waals surface area contributed by atoms with Gasteiger partial charge in [0.05, 0.1) is 7.11 Å². The molecule has 0 bridgehead atoms. The van der Waals surface area contributed by atoms with E-state index in [0.717, 1.165) is 6.42 Å². The molecule has 2 rings (SSSR count). The summed E-state index contributed by atoms with van der Waals surface area (Å²) in [5.74, 6) is -1.05. The van der Waals surface area contributed by atoms with Crippen molar-refractivity contribution in [1.29, 1.82) is 0 Å². The van der Waals surface area contributed by atoms with Gasteiger partial charge in [0.15, 0.2) is 11.6 Å². The summed E-state index contributed by atoms with van der Waals surface area (Å²) >= 11 is 0. The van der Waals surface area contributed by atoms with E-state index in [9.17, 15) is 9.18 Å². The van der Waals surface area contributed by atoms with Gasteiger partial charge in [0.2, 0.25) is 0 Å². The monoisotopic (exact) mass is 293 g/mol. The third-order valence-corrected chi connectivity index (χ3v) is 3.03. The van der Waals surface area contributed by atoms with Gasteiger partial charge in [-0.3, -0.25) is 4.79 Å². The van der Waals surface area contributed by atoms with Crippen LogP contribution >= 0.6 is 0 Å². The second-order valence-corrected chi connectivity index (χ2v) is 4.49. The first-order valence-electron chi connectivity index (χ1n) is 6.52. The van der Waals surface area contributed by atoms with Crippen molar-refractivity contribution in [2.45, 2.75) is 13.3 Å². The molecule has 6 nitrogen and oxygen atoms in total. The van der Waals surface area contributed by atoms with E-state index in [-0.39, 0.29) is 17.8 Å². The van der Waals surface area contributed by atoms with Crippen molar-refractivity contribution in [3.63, 3.8) is 0 Å². The molecule has 2 aromatic rings. The molecule has 0 radical (unpaired) electrons. The molecule has 0 aliphatic rings. The molecule has 0 aliphatic carbocycles. The molecule has 0 saturated heterocycles. The normalized spacial score (nSPS) is 10.6. The number of hydrogen-bond acceptors (Lipinski definition) is 5. The Bertz CT molecular complexity index is 663. The van der Waals surface area contributed by atoms with E-state index < -0.39 is 11.8 Å². The standard InChI is InChI=1S/C14H16FN3O3/c1-3-6-18(7-11(19)20)14-9-4-5-10(21-2)12(15)13(9)16-8-17-14/h4-5,8H,3,6-7H2,1-2H3,(H,19,20). The lowest BCUT2D eigenvalue weighted by molar-refractivity contribution is -0.135. The Kier molecular flexibility index (Phi) is 4.52. The van der Waals surface area contributed by atoms with Crippen molar-refractivity contribution >= 4 is 22.7 Å². The molecule has 1 aromatic carbocycles. The minimum Gasteiger partial charge on any atom is -0.494 e. The van der Waals surface area contributed by atoms with E-state index in [2.05, 4.69) is 9.97 Å². The van der Waals surface area contributed by atoms with E-state index >= 15 is 0 Å². The summed E-state index contributed by atoms with van der Waals surface area (Å²) in [5.41, 5.74) is 0.117. The Labute approximate surface area is 121 Å². The van der Waals surface area contributed by atoms with Crippen LogP contribution in [0, 0.1) is 5.82 Å². The molecule has 1 N–H and O–H groups in total. The molecule has 0 saturated carbocycles. The molecule has 0 spiro atoms. The second-order valence-electron chi connectivity index (χ2n) is 4.49. The van der Waals surface area contributed by atoms with E-state index in [1.807, 2.05) is 6.92 Å². The Morgan fingerprint density at radius 2 is 2.19 bits per heavy atom. The van der Waals surface area contributed by atoms with Crippen LogP contribution in [0.2, 0.25) is 0 Å². The smallest absolute Gasteiger partial charge is 0.323 e. The van der Waals surface area contributed by atoms with Gasteiger partial charge in [0, 0.05) is 11.9 Å². The van der Waals surface area contributed by atoms with Crippen LogP contribution in [0.1, 0.15) is 13.3 Å². The summed E-state index contributed by atoms with van der Waals surface area (Å²) in [5, 5.41) is 9.46. The lowest BCUT2D eigenvalue weighted by Crippen LogP contribution is -2.31. The zero-order valence-corrected chi connectivity index (χ0v) is 11.8. The Balaban J connectivity index is 2.57. The van der Waals surface area contributed by atoms with Gasteiger partial charge in [0.25, 0.3) is 0 Å². The van der Waals surface area contributed by atoms with Crippen molar-refractivity contribution < 1.29 is 19.0 Å². The summed E-state index contributed by atoms with van der Waals surface area (Å²) in [6, 6.07) is 3.12. The van der Waals surface area contributed by atoms with Gasteiger partial charge in [-0.1, -0.05) is 6.92 Å². The number of carboxylic acid groups (broad SMARTS) is 1. The number of nitrogens with zero attached hydrogens (tertiary/aromatic N) is 3. The maximum Gasteiger partial charge on any atom is 0.323 e. The number of carbonyl (C=O) groups is 1. The fourth-order valence-electron chi connectivity index (χ4n) is 2.17. The van der Waals surface area contributed by atoms with Crippen LogP contribution in [0.4, 0.5) is 10.2 Å². The van der Waals surface area contributed by atoms with Crippen molar-refractivity contribution in [3.05, 3.63) is 24.3 Å². The maximum atomic E-state index is 14.2. The molecule has 1 aromatic heterocycles. The first kappa shape index (κ1) is 15.0. The molecule has 0 atom stereocenters. The van der Waals surface area contributed by atoms with E-state index in [1.54, 1.807) is 11.0 Å². The SMILES string of the molecule is CCCN(CC(=O)O)c1ncnc2c(F)c(OC)ccc12. The summed E-state index contributed by atoms with van der Waals surface area (Å²) in [4.78, 5) is 20.6. The topological polar surface area (TPSA) is 75.6 Å². The number of aromatic nitrogens is 2. The van der Waals surface area contributed by atoms with Crippen LogP contribution in [0.5, 0.6) is 5.75 Å². The average Bonchev–Trinajstić information content (AvgIpc) is 2.46. The third-order valence-electron chi connectivity index (χ3n) is 3.03. The van der Waals surface area contributed by atoms with Crippen LogP contribution < -0.4 is 9.64 Å². The molecule has 0 fully saturated rings. The Morgan fingerprint density at radius 3 is 2.81 bits per heavy atom. The molecule has 21 heavy (non-hydrogen) atoms. The highest BCUT2D eigenvalue weighted by Crippen LogP contribution is 2.29. The number of methoxy groups -OCH3 is 1. The Hall–Kier alpha value is -2.44. The molecule has 112 valence electrons. The third kappa shape index (κ3) is 3.01. The van der Waals surface area contributed by atoms with Gasteiger partial charge in [0.1, 0.15) is 24.2 Å². The first-order valence-corrected chi connectivity index (χ1v) is 6.52. The zero-order valence-electron chi connectivity index (χ0n) is 11.8. The second kappa shape index (κ2) is 6.34. The number of fused-ring (bicyclic) bond motifs is 1. The summed E-state index contributed by atoms with van der Waals surface area (Å²) in [7, 11) is 1.38. The van der Waals surface area contributed by atoms with Crippen LogP contribution in [0.25, 0.3) is 10.9 Å². The highest BCUT2D eigenvalue weighted by molar-refractivity contribution is 5.91. The van der Waals surface area contributed by atoms with Gasteiger partial charge in [-0.15, -0.1) is 0 Å². The van der Waals surface area contributed by atoms with E-state index in [1.165, 1.54) is 19.5 Å². The molecule has 0 aliphatic heterocycles. The number of benzene rings is 1. The van der Waals surface area contributed by atoms with Gasteiger partial charge < -0.3 is 14.7 Å².